The Bertz CT molecular complexity index is 978. The molecule has 1 aliphatic heterocycles. The molecule has 6 heteroatoms. The number of aromatic nitrogens is 1. The van der Waals surface area contributed by atoms with Crippen molar-refractivity contribution in [2.45, 2.75) is 18.9 Å². The van der Waals surface area contributed by atoms with Crippen LogP contribution in [-0.4, -0.2) is 41.4 Å². The van der Waals surface area contributed by atoms with Gasteiger partial charge in [0.15, 0.2) is 0 Å². The van der Waals surface area contributed by atoms with Crippen LogP contribution in [0.2, 0.25) is 0 Å². The van der Waals surface area contributed by atoms with Gasteiger partial charge in [-0.1, -0.05) is 6.07 Å². The molecule has 138 valence electrons. The fourth-order valence-electron chi connectivity index (χ4n) is 3.53. The molecule has 1 fully saturated rings. The van der Waals surface area contributed by atoms with Gasteiger partial charge in [-0.05, 0) is 60.7 Å². The summed E-state index contributed by atoms with van der Waals surface area (Å²) in [5, 5.41) is 3.96. The Morgan fingerprint density at radius 2 is 1.96 bits per heavy atom. The van der Waals surface area contributed by atoms with Gasteiger partial charge in [-0.3, -0.25) is 9.59 Å². The lowest BCUT2D eigenvalue weighted by Gasteiger charge is -2.24. The summed E-state index contributed by atoms with van der Waals surface area (Å²) in [5.74, 6) is 0.455. The number of rotatable bonds is 4. The number of aromatic amines is 1. The Morgan fingerprint density at radius 3 is 2.74 bits per heavy atom. The van der Waals surface area contributed by atoms with Crippen molar-refractivity contribution in [3.63, 3.8) is 0 Å². The average molecular weight is 363 g/mol. The number of likely N-dealkylation sites (tertiary alicyclic amines) is 1. The van der Waals surface area contributed by atoms with Crippen LogP contribution in [0.1, 0.15) is 23.2 Å². The number of nitrogens with one attached hydrogen (secondary N) is 2. The first kappa shape index (κ1) is 17.1. The zero-order valence-electron chi connectivity index (χ0n) is 15.1. The van der Waals surface area contributed by atoms with Crippen LogP contribution in [0, 0.1) is 0 Å². The topological polar surface area (TPSA) is 74.4 Å². The number of methoxy groups -OCH3 is 1. The molecule has 2 N–H and O–H groups in total. The standard InChI is InChI=1S/C21H21N3O3/c1-27-17-8-6-16(7-9-17)23-20(25)19-3-2-12-24(19)21(26)15-5-4-14-10-11-22-18(14)13-15/h4-11,13,19,22H,2-3,12H2,1H3,(H,23,25)/t19-/m1/s1. The highest BCUT2D eigenvalue weighted by Crippen LogP contribution is 2.24. The number of carbonyl (C=O) groups is 2. The second-order valence-corrected chi connectivity index (χ2v) is 6.65. The fourth-order valence-corrected chi connectivity index (χ4v) is 3.53. The molecule has 4 rings (SSSR count). The summed E-state index contributed by atoms with van der Waals surface area (Å²) < 4.78 is 5.13. The van der Waals surface area contributed by atoms with Gasteiger partial charge in [-0.25, -0.2) is 0 Å². The van der Waals surface area contributed by atoms with E-state index in [1.165, 1.54) is 0 Å². The van der Waals surface area contributed by atoms with E-state index in [1.54, 1.807) is 36.3 Å². The largest absolute Gasteiger partial charge is 0.497 e. The molecule has 1 atom stereocenters. The molecule has 2 amide bonds. The minimum Gasteiger partial charge on any atom is -0.497 e. The van der Waals surface area contributed by atoms with Crippen LogP contribution in [0.4, 0.5) is 5.69 Å². The molecule has 0 radical (unpaired) electrons. The number of amides is 2. The summed E-state index contributed by atoms with van der Waals surface area (Å²) in [6.45, 7) is 0.586. The van der Waals surface area contributed by atoms with Crippen molar-refractivity contribution in [2.24, 2.45) is 0 Å². The normalized spacial score (nSPS) is 16.5. The first-order chi connectivity index (χ1) is 13.2. The van der Waals surface area contributed by atoms with E-state index in [-0.39, 0.29) is 11.8 Å². The van der Waals surface area contributed by atoms with Gasteiger partial charge in [0.1, 0.15) is 11.8 Å². The van der Waals surface area contributed by atoms with Crippen molar-refractivity contribution in [1.82, 2.24) is 9.88 Å². The lowest BCUT2D eigenvalue weighted by molar-refractivity contribution is -0.119. The van der Waals surface area contributed by atoms with Crippen molar-refractivity contribution < 1.29 is 14.3 Å². The number of H-pyrrole nitrogens is 1. The molecular formula is C21H21N3O3. The summed E-state index contributed by atoms with van der Waals surface area (Å²) in [7, 11) is 1.60. The van der Waals surface area contributed by atoms with E-state index in [9.17, 15) is 9.59 Å². The quantitative estimate of drug-likeness (QED) is 0.746. The zero-order valence-corrected chi connectivity index (χ0v) is 15.1. The Hall–Kier alpha value is -3.28. The lowest BCUT2D eigenvalue weighted by Crippen LogP contribution is -2.43. The predicted molar refractivity (Wildman–Crippen MR) is 104 cm³/mol. The monoisotopic (exact) mass is 363 g/mol. The summed E-state index contributed by atoms with van der Waals surface area (Å²) in [5.41, 5.74) is 2.20. The molecule has 27 heavy (non-hydrogen) atoms. The summed E-state index contributed by atoms with van der Waals surface area (Å²) >= 11 is 0. The van der Waals surface area contributed by atoms with E-state index in [4.69, 9.17) is 4.74 Å². The summed E-state index contributed by atoms with van der Waals surface area (Å²) in [4.78, 5) is 30.5. The summed E-state index contributed by atoms with van der Waals surface area (Å²) in [6, 6.07) is 14.2. The van der Waals surface area contributed by atoms with Crippen LogP contribution in [0.3, 0.4) is 0 Å². The number of nitrogens with zero attached hydrogens (tertiary/aromatic N) is 1. The second kappa shape index (κ2) is 7.15. The smallest absolute Gasteiger partial charge is 0.254 e. The minimum atomic E-state index is -0.459. The Kier molecular flexibility index (Phi) is 4.54. The number of hydrogen-bond donors (Lipinski definition) is 2. The molecule has 1 saturated heterocycles. The van der Waals surface area contributed by atoms with Gasteiger partial charge < -0.3 is 19.9 Å². The number of anilines is 1. The number of carbonyl (C=O) groups excluding carboxylic acids is 2. The number of benzene rings is 2. The molecule has 0 bridgehead atoms. The average Bonchev–Trinajstić information content (AvgIpc) is 3.36. The van der Waals surface area contributed by atoms with Crippen LogP contribution < -0.4 is 10.1 Å². The maximum atomic E-state index is 13.0. The van der Waals surface area contributed by atoms with E-state index in [2.05, 4.69) is 10.3 Å². The fraction of sp³-hybridized carbons (Fsp3) is 0.238. The molecule has 2 aromatic carbocycles. The Balaban J connectivity index is 1.50. The molecule has 0 spiro atoms. The highest BCUT2D eigenvalue weighted by molar-refractivity contribution is 6.03. The molecule has 0 aliphatic carbocycles. The molecule has 1 aliphatic rings. The molecule has 0 saturated carbocycles. The van der Waals surface area contributed by atoms with Gasteiger partial charge >= 0.3 is 0 Å². The first-order valence-corrected chi connectivity index (χ1v) is 8.99. The number of hydrogen-bond acceptors (Lipinski definition) is 3. The van der Waals surface area contributed by atoms with Gasteiger partial charge in [-0.2, -0.15) is 0 Å². The molecule has 2 heterocycles. The molecule has 3 aromatic rings. The first-order valence-electron chi connectivity index (χ1n) is 8.99. The molecule has 6 nitrogen and oxygen atoms in total. The Morgan fingerprint density at radius 1 is 1.15 bits per heavy atom. The van der Waals surface area contributed by atoms with E-state index < -0.39 is 6.04 Å². The third kappa shape index (κ3) is 3.38. The minimum absolute atomic E-state index is 0.112. The van der Waals surface area contributed by atoms with E-state index >= 15 is 0 Å². The molecular weight excluding hydrogens is 342 g/mol. The maximum Gasteiger partial charge on any atom is 0.254 e. The maximum absolute atomic E-state index is 13.0. The molecule has 1 aromatic heterocycles. The second-order valence-electron chi connectivity index (χ2n) is 6.65. The summed E-state index contributed by atoms with van der Waals surface area (Å²) in [6.07, 6.45) is 3.33. The Labute approximate surface area is 157 Å². The third-order valence-electron chi connectivity index (χ3n) is 4.98. The van der Waals surface area contributed by atoms with Crippen molar-refractivity contribution in [3.05, 3.63) is 60.3 Å². The van der Waals surface area contributed by atoms with Crippen molar-refractivity contribution in [1.29, 1.82) is 0 Å². The van der Waals surface area contributed by atoms with Gasteiger partial charge in [-0.15, -0.1) is 0 Å². The number of ether oxygens (including phenoxy) is 1. The van der Waals surface area contributed by atoms with E-state index in [0.717, 1.165) is 23.1 Å². The van der Waals surface area contributed by atoms with E-state index in [1.807, 2.05) is 30.5 Å². The van der Waals surface area contributed by atoms with Gasteiger partial charge in [0.25, 0.3) is 5.91 Å². The van der Waals surface area contributed by atoms with Crippen LogP contribution in [0.25, 0.3) is 10.9 Å². The lowest BCUT2D eigenvalue weighted by atomic mass is 10.1. The predicted octanol–water partition coefficient (Wildman–Crippen LogP) is 3.42. The van der Waals surface area contributed by atoms with Crippen molar-refractivity contribution >= 4 is 28.4 Å². The highest BCUT2D eigenvalue weighted by Gasteiger charge is 2.34. The van der Waals surface area contributed by atoms with Gasteiger partial charge in [0.2, 0.25) is 5.91 Å². The van der Waals surface area contributed by atoms with Crippen LogP contribution in [0.15, 0.2) is 54.7 Å². The van der Waals surface area contributed by atoms with Crippen molar-refractivity contribution in [2.75, 3.05) is 19.0 Å². The van der Waals surface area contributed by atoms with Crippen LogP contribution in [-0.2, 0) is 4.79 Å². The van der Waals surface area contributed by atoms with Gasteiger partial charge in [0, 0.05) is 29.5 Å². The van der Waals surface area contributed by atoms with Crippen LogP contribution in [0.5, 0.6) is 5.75 Å². The third-order valence-corrected chi connectivity index (χ3v) is 4.98. The zero-order chi connectivity index (χ0) is 18.8. The molecule has 0 unspecified atom stereocenters. The highest BCUT2D eigenvalue weighted by atomic mass is 16.5. The van der Waals surface area contributed by atoms with E-state index in [0.29, 0.717) is 24.2 Å². The van der Waals surface area contributed by atoms with Crippen LogP contribution >= 0.6 is 0 Å². The number of fused-ring (bicyclic) bond motifs is 1. The van der Waals surface area contributed by atoms with Gasteiger partial charge in [0.05, 0.1) is 7.11 Å². The van der Waals surface area contributed by atoms with Crippen molar-refractivity contribution in [3.8, 4) is 5.75 Å². The SMILES string of the molecule is COc1ccc(NC(=O)[C@H]2CCCN2C(=O)c2ccc3cc[nH]c3c2)cc1.